The van der Waals surface area contributed by atoms with Crippen molar-refractivity contribution in [2.75, 3.05) is 13.2 Å². The molecular weight excluding hydrogens is 269 g/mol. The van der Waals surface area contributed by atoms with Gasteiger partial charge in [0.2, 0.25) is 0 Å². The van der Waals surface area contributed by atoms with Crippen LogP contribution in [-0.2, 0) is 11.3 Å². The van der Waals surface area contributed by atoms with Crippen molar-refractivity contribution in [1.29, 1.82) is 0 Å². The van der Waals surface area contributed by atoms with Crippen molar-refractivity contribution in [3.05, 3.63) is 59.8 Å². The Balaban J connectivity index is 1.91. The first kappa shape index (κ1) is 15.7. The fourth-order valence-corrected chi connectivity index (χ4v) is 2.00. The van der Waals surface area contributed by atoms with Gasteiger partial charge in [0.15, 0.2) is 0 Å². The Labute approximate surface area is 125 Å². The summed E-state index contributed by atoms with van der Waals surface area (Å²) in [5.41, 5.74) is 1.02. The predicted octanol–water partition coefficient (Wildman–Crippen LogP) is 3.92. The normalized spacial score (nSPS) is 12.8. The highest BCUT2D eigenvalue weighted by atomic mass is 19.1. The topological polar surface area (TPSA) is 34.4 Å². The molecule has 3 nitrogen and oxygen atoms in total. The van der Waals surface area contributed by atoms with Gasteiger partial charge in [0.05, 0.1) is 18.9 Å². The molecule has 0 fully saturated rings. The number of ether oxygens (including phenoxy) is 1. The lowest BCUT2D eigenvalue weighted by Gasteiger charge is -2.18. The van der Waals surface area contributed by atoms with Crippen LogP contribution >= 0.6 is 0 Å². The first-order valence-electron chi connectivity index (χ1n) is 7.24. The molecule has 1 heterocycles. The van der Waals surface area contributed by atoms with E-state index in [9.17, 15) is 4.39 Å². The fraction of sp³-hybridized carbons (Fsp3) is 0.412. The van der Waals surface area contributed by atoms with Gasteiger partial charge in [-0.15, -0.1) is 0 Å². The molecule has 0 radical (unpaired) electrons. The SMILES string of the molecule is CC(C)COCC(NCc1ccc(F)cc1)c1ccco1. The maximum atomic E-state index is 12.9. The number of nitrogens with one attached hydrogen (secondary N) is 1. The number of halogens is 1. The van der Waals surface area contributed by atoms with E-state index in [1.807, 2.05) is 12.1 Å². The van der Waals surface area contributed by atoms with E-state index in [2.05, 4.69) is 19.2 Å². The second kappa shape index (κ2) is 7.96. The minimum Gasteiger partial charge on any atom is -0.468 e. The van der Waals surface area contributed by atoms with Crippen molar-refractivity contribution < 1.29 is 13.5 Å². The summed E-state index contributed by atoms with van der Waals surface area (Å²) in [5, 5.41) is 3.39. The average Bonchev–Trinajstić information content (AvgIpc) is 2.98. The van der Waals surface area contributed by atoms with Gasteiger partial charge in [0.1, 0.15) is 11.6 Å². The first-order valence-corrected chi connectivity index (χ1v) is 7.24. The highest BCUT2D eigenvalue weighted by Crippen LogP contribution is 2.15. The Hall–Kier alpha value is -1.65. The summed E-state index contributed by atoms with van der Waals surface area (Å²) < 4.78 is 24.1. The predicted molar refractivity (Wildman–Crippen MR) is 80.3 cm³/mol. The van der Waals surface area contributed by atoms with Crippen molar-refractivity contribution in [3.63, 3.8) is 0 Å². The van der Waals surface area contributed by atoms with Crippen molar-refractivity contribution in [1.82, 2.24) is 5.32 Å². The molecule has 4 heteroatoms. The Morgan fingerprint density at radius 2 is 1.90 bits per heavy atom. The molecular formula is C17H22FNO2. The minimum absolute atomic E-state index is 0.0104. The summed E-state index contributed by atoms with van der Waals surface area (Å²) in [6.07, 6.45) is 1.66. The second-order valence-corrected chi connectivity index (χ2v) is 5.51. The van der Waals surface area contributed by atoms with Crippen LogP contribution in [0.15, 0.2) is 47.1 Å². The van der Waals surface area contributed by atoms with E-state index >= 15 is 0 Å². The van der Waals surface area contributed by atoms with E-state index in [0.717, 1.165) is 17.9 Å². The zero-order valence-corrected chi connectivity index (χ0v) is 12.5. The molecule has 2 aromatic rings. The van der Waals surface area contributed by atoms with Crippen molar-refractivity contribution in [3.8, 4) is 0 Å². The molecule has 0 saturated heterocycles. The van der Waals surface area contributed by atoms with Crippen LogP contribution in [0.25, 0.3) is 0 Å². The molecule has 0 aliphatic heterocycles. The summed E-state index contributed by atoms with van der Waals surface area (Å²) in [7, 11) is 0. The third-order valence-corrected chi connectivity index (χ3v) is 3.09. The van der Waals surface area contributed by atoms with Gasteiger partial charge in [-0.05, 0) is 35.7 Å². The molecule has 1 atom stereocenters. The monoisotopic (exact) mass is 291 g/mol. The Bertz CT molecular complexity index is 508. The molecule has 1 unspecified atom stereocenters. The first-order chi connectivity index (χ1) is 10.1. The van der Waals surface area contributed by atoms with Gasteiger partial charge in [-0.1, -0.05) is 26.0 Å². The maximum absolute atomic E-state index is 12.9. The second-order valence-electron chi connectivity index (χ2n) is 5.51. The van der Waals surface area contributed by atoms with E-state index in [0.29, 0.717) is 19.1 Å². The molecule has 0 amide bonds. The lowest BCUT2D eigenvalue weighted by molar-refractivity contribution is 0.0844. The molecule has 1 aromatic heterocycles. The summed E-state index contributed by atoms with van der Waals surface area (Å²) in [6, 6.07) is 10.3. The van der Waals surface area contributed by atoms with Gasteiger partial charge >= 0.3 is 0 Å². The van der Waals surface area contributed by atoms with Crippen LogP contribution in [0.4, 0.5) is 4.39 Å². The van der Waals surface area contributed by atoms with Crippen LogP contribution < -0.4 is 5.32 Å². The van der Waals surface area contributed by atoms with Crippen LogP contribution in [-0.4, -0.2) is 13.2 Å². The van der Waals surface area contributed by atoms with E-state index in [-0.39, 0.29) is 11.9 Å². The number of benzene rings is 1. The molecule has 0 saturated carbocycles. The molecule has 0 spiro atoms. The van der Waals surface area contributed by atoms with Gasteiger partial charge < -0.3 is 14.5 Å². The molecule has 2 rings (SSSR count). The average molecular weight is 291 g/mol. The Morgan fingerprint density at radius 3 is 2.52 bits per heavy atom. The zero-order valence-electron chi connectivity index (χ0n) is 12.5. The molecule has 114 valence electrons. The van der Waals surface area contributed by atoms with E-state index in [1.165, 1.54) is 12.1 Å². The third-order valence-electron chi connectivity index (χ3n) is 3.09. The molecule has 1 N–H and O–H groups in total. The van der Waals surface area contributed by atoms with E-state index in [4.69, 9.17) is 9.15 Å². The van der Waals surface area contributed by atoms with Crippen LogP contribution in [0.3, 0.4) is 0 Å². The Kier molecular flexibility index (Phi) is 5.96. The molecule has 0 bridgehead atoms. The minimum atomic E-state index is -0.221. The lowest BCUT2D eigenvalue weighted by Crippen LogP contribution is -2.25. The highest BCUT2D eigenvalue weighted by molar-refractivity contribution is 5.16. The van der Waals surface area contributed by atoms with Crippen LogP contribution in [0.5, 0.6) is 0 Å². The van der Waals surface area contributed by atoms with Gasteiger partial charge in [0, 0.05) is 13.2 Å². The highest BCUT2D eigenvalue weighted by Gasteiger charge is 2.14. The van der Waals surface area contributed by atoms with Crippen molar-refractivity contribution in [2.45, 2.75) is 26.4 Å². The summed E-state index contributed by atoms with van der Waals surface area (Å²) in [6.45, 7) is 6.14. The van der Waals surface area contributed by atoms with Crippen LogP contribution in [0, 0.1) is 11.7 Å². The summed E-state index contributed by atoms with van der Waals surface area (Å²) in [4.78, 5) is 0. The van der Waals surface area contributed by atoms with Crippen LogP contribution in [0.2, 0.25) is 0 Å². The number of furan rings is 1. The largest absolute Gasteiger partial charge is 0.468 e. The molecule has 0 aliphatic rings. The van der Waals surface area contributed by atoms with Gasteiger partial charge in [-0.3, -0.25) is 0 Å². The summed E-state index contributed by atoms with van der Waals surface area (Å²) >= 11 is 0. The fourth-order valence-electron chi connectivity index (χ4n) is 2.00. The van der Waals surface area contributed by atoms with E-state index in [1.54, 1.807) is 18.4 Å². The maximum Gasteiger partial charge on any atom is 0.123 e. The number of hydrogen-bond acceptors (Lipinski definition) is 3. The number of rotatable bonds is 8. The van der Waals surface area contributed by atoms with Crippen molar-refractivity contribution >= 4 is 0 Å². The summed E-state index contributed by atoms with van der Waals surface area (Å²) in [5.74, 6) is 1.13. The number of hydrogen-bond donors (Lipinski definition) is 1. The zero-order chi connectivity index (χ0) is 15.1. The van der Waals surface area contributed by atoms with Crippen molar-refractivity contribution in [2.24, 2.45) is 5.92 Å². The molecule has 1 aromatic carbocycles. The quantitative estimate of drug-likeness (QED) is 0.800. The molecule has 21 heavy (non-hydrogen) atoms. The molecule has 0 aliphatic carbocycles. The van der Waals surface area contributed by atoms with E-state index < -0.39 is 0 Å². The van der Waals surface area contributed by atoms with Gasteiger partial charge in [-0.25, -0.2) is 4.39 Å². The van der Waals surface area contributed by atoms with Crippen LogP contribution in [0.1, 0.15) is 31.2 Å². The third kappa shape index (κ3) is 5.33. The lowest BCUT2D eigenvalue weighted by atomic mass is 10.2. The standard InChI is InChI=1S/C17H22FNO2/c1-13(2)11-20-12-16(17-4-3-9-21-17)19-10-14-5-7-15(18)8-6-14/h3-9,13,16,19H,10-12H2,1-2H3. The Morgan fingerprint density at radius 1 is 1.14 bits per heavy atom. The smallest absolute Gasteiger partial charge is 0.123 e. The van der Waals surface area contributed by atoms with Gasteiger partial charge in [-0.2, -0.15) is 0 Å². The van der Waals surface area contributed by atoms with Gasteiger partial charge in [0.25, 0.3) is 0 Å².